The average Bonchev–Trinajstić information content (AvgIpc) is 2.54. The molecule has 2 rings (SSSR count). The van der Waals surface area contributed by atoms with E-state index in [-0.39, 0.29) is 12.0 Å². The van der Waals surface area contributed by atoms with Crippen LogP contribution in [0.1, 0.15) is 29.8 Å². The Kier molecular flexibility index (Phi) is 5.42. The molecule has 0 aromatic heterocycles. The average molecular weight is 299 g/mol. The summed E-state index contributed by atoms with van der Waals surface area (Å²) in [5.74, 6) is 1.28. The van der Waals surface area contributed by atoms with E-state index in [4.69, 9.17) is 9.47 Å². The third-order valence-corrected chi connectivity index (χ3v) is 3.08. The molecule has 22 heavy (non-hydrogen) atoms. The second-order valence-corrected chi connectivity index (χ2v) is 5.20. The highest BCUT2D eigenvalue weighted by Crippen LogP contribution is 2.28. The normalized spacial score (nSPS) is 10.4. The smallest absolute Gasteiger partial charge is 0.251 e. The first-order chi connectivity index (χ1) is 10.6. The van der Waals surface area contributed by atoms with Crippen LogP contribution in [0.5, 0.6) is 11.5 Å². The second kappa shape index (κ2) is 7.50. The molecular formula is C18H21NO3. The molecule has 2 aromatic rings. The maximum Gasteiger partial charge on any atom is 0.251 e. The SMILES string of the molecule is COc1cc(CNC(=O)c2ccccc2)ccc1OC(C)C. The number of hydrogen-bond acceptors (Lipinski definition) is 3. The lowest BCUT2D eigenvalue weighted by Crippen LogP contribution is -2.22. The molecule has 4 nitrogen and oxygen atoms in total. The first-order valence-electron chi connectivity index (χ1n) is 7.27. The van der Waals surface area contributed by atoms with E-state index < -0.39 is 0 Å². The van der Waals surface area contributed by atoms with Crippen LogP contribution >= 0.6 is 0 Å². The Bertz CT molecular complexity index is 623. The molecule has 4 heteroatoms. The number of amides is 1. The summed E-state index contributed by atoms with van der Waals surface area (Å²) in [4.78, 5) is 12.0. The summed E-state index contributed by atoms with van der Waals surface area (Å²) in [6.45, 7) is 4.37. The van der Waals surface area contributed by atoms with Crippen molar-refractivity contribution in [3.05, 3.63) is 59.7 Å². The molecule has 0 saturated carbocycles. The zero-order valence-corrected chi connectivity index (χ0v) is 13.1. The van der Waals surface area contributed by atoms with E-state index in [1.807, 2.05) is 50.2 Å². The van der Waals surface area contributed by atoms with Gasteiger partial charge in [-0.3, -0.25) is 4.79 Å². The van der Waals surface area contributed by atoms with Crippen LogP contribution in [0.15, 0.2) is 48.5 Å². The van der Waals surface area contributed by atoms with E-state index >= 15 is 0 Å². The molecule has 1 amide bonds. The zero-order chi connectivity index (χ0) is 15.9. The molecular weight excluding hydrogens is 278 g/mol. The number of rotatable bonds is 6. The summed E-state index contributed by atoms with van der Waals surface area (Å²) >= 11 is 0. The predicted molar refractivity (Wildman–Crippen MR) is 86.4 cm³/mol. The number of nitrogens with one attached hydrogen (secondary N) is 1. The van der Waals surface area contributed by atoms with E-state index in [2.05, 4.69) is 5.32 Å². The number of ether oxygens (including phenoxy) is 2. The Hall–Kier alpha value is -2.49. The predicted octanol–water partition coefficient (Wildman–Crippen LogP) is 3.41. The lowest BCUT2D eigenvalue weighted by Gasteiger charge is -2.14. The minimum atomic E-state index is -0.0953. The van der Waals surface area contributed by atoms with Crippen LogP contribution in [0.25, 0.3) is 0 Å². The van der Waals surface area contributed by atoms with Crippen molar-refractivity contribution in [2.45, 2.75) is 26.5 Å². The van der Waals surface area contributed by atoms with Crippen LogP contribution in [-0.4, -0.2) is 19.1 Å². The fourth-order valence-electron chi connectivity index (χ4n) is 2.05. The summed E-state index contributed by atoms with van der Waals surface area (Å²) in [6, 6.07) is 14.8. The van der Waals surface area contributed by atoms with E-state index in [0.717, 1.165) is 5.56 Å². The second-order valence-electron chi connectivity index (χ2n) is 5.20. The minimum absolute atomic E-state index is 0.0810. The minimum Gasteiger partial charge on any atom is -0.493 e. The van der Waals surface area contributed by atoms with Crippen LogP contribution in [0, 0.1) is 0 Å². The fourth-order valence-corrected chi connectivity index (χ4v) is 2.05. The largest absolute Gasteiger partial charge is 0.493 e. The third-order valence-electron chi connectivity index (χ3n) is 3.08. The van der Waals surface area contributed by atoms with Gasteiger partial charge in [-0.15, -0.1) is 0 Å². The summed E-state index contributed by atoms with van der Waals surface area (Å²) in [6.07, 6.45) is 0.0810. The summed E-state index contributed by atoms with van der Waals surface area (Å²) < 4.78 is 11.0. The van der Waals surface area contributed by atoms with Crippen molar-refractivity contribution >= 4 is 5.91 Å². The van der Waals surface area contributed by atoms with Crippen molar-refractivity contribution in [2.24, 2.45) is 0 Å². The van der Waals surface area contributed by atoms with Crippen LogP contribution < -0.4 is 14.8 Å². The van der Waals surface area contributed by atoms with Gasteiger partial charge >= 0.3 is 0 Å². The van der Waals surface area contributed by atoms with Gasteiger partial charge in [-0.25, -0.2) is 0 Å². The van der Waals surface area contributed by atoms with E-state index in [0.29, 0.717) is 23.6 Å². The fraction of sp³-hybridized carbons (Fsp3) is 0.278. The van der Waals surface area contributed by atoms with Crippen molar-refractivity contribution in [3.8, 4) is 11.5 Å². The molecule has 0 fully saturated rings. The summed E-state index contributed by atoms with van der Waals surface area (Å²) in [5.41, 5.74) is 1.60. The third kappa shape index (κ3) is 4.25. The maximum absolute atomic E-state index is 12.0. The van der Waals surface area contributed by atoms with Crippen LogP contribution in [0.4, 0.5) is 0 Å². The molecule has 1 N–H and O–H groups in total. The maximum atomic E-state index is 12.0. The van der Waals surface area contributed by atoms with Crippen molar-refractivity contribution in [2.75, 3.05) is 7.11 Å². The van der Waals surface area contributed by atoms with E-state index in [1.165, 1.54) is 0 Å². The standard InChI is InChI=1S/C18H21NO3/c1-13(2)22-16-10-9-14(11-17(16)21-3)12-19-18(20)15-7-5-4-6-8-15/h4-11,13H,12H2,1-3H3,(H,19,20). The quantitative estimate of drug-likeness (QED) is 0.889. The number of benzene rings is 2. The van der Waals surface area contributed by atoms with Gasteiger partial charge in [0.1, 0.15) is 0 Å². The van der Waals surface area contributed by atoms with Gasteiger partial charge in [0, 0.05) is 12.1 Å². The molecule has 0 aliphatic rings. The molecule has 2 aromatic carbocycles. The van der Waals surface area contributed by atoms with Crippen molar-refractivity contribution in [3.63, 3.8) is 0 Å². The molecule has 0 unspecified atom stereocenters. The lowest BCUT2D eigenvalue weighted by atomic mass is 10.1. The molecule has 0 atom stereocenters. The zero-order valence-electron chi connectivity index (χ0n) is 13.1. The molecule has 116 valence electrons. The highest BCUT2D eigenvalue weighted by Gasteiger charge is 2.09. The van der Waals surface area contributed by atoms with Gasteiger partial charge in [0.2, 0.25) is 0 Å². The Morgan fingerprint density at radius 1 is 1.09 bits per heavy atom. The number of hydrogen-bond donors (Lipinski definition) is 1. The topological polar surface area (TPSA) is 47.6 Å². The molecule has 0 spiro atoms. The van der Waals surface area contributed by atoms with Crippen LogP contribution in [-0.2, 0) is 6.54 Å². The highest BCUT2D eigenvalue weighted by molar-refractivity contribution is 5.94. The van der Waals surface area contributed by atoms with Gasteiger partial charge in [0.15, 0.2) is 11.5 Å². The van der Waals surface area contributed by atoms with Gasteiger partial charge in [-0.05, 0) is 43.7 Å². The number of methoxy groups -OCH3 is 1. The lowest BCUT2D eigenvalue weighted by molar-refractivity contribution is 0.0951. The van der Waals surface area contributed by atoms with Gasteiger partial charge < -0.3 is 14.8 Å². The molecule has 0 aliphatic carbocycles. The van der Waals surface area contributed by atoms with Gasteiger partial charge in [0.25, 0.3) is 5.91 Å². The van der Waals surface area contributed by atoms with Gasteiger partial charge in [-0.1, -0.05) is 24.3 Å². The van der Waals surface area contributed by atoms with E-state index in [9.17, 15) is 4.79 Å². The number of carbonyl (C=O) groups is 1. The van der Waals surface area contributed by atoms with E-state index in [1.54, 1.807) is 19.2 Å². The molecule has 0 saturated heterocycles. The Morgan fingerprint density at radius 2 is 1.82 bits per heavy atom. The molecule has 0 bridgehead atoms. The number of carbonyl (C=O) groups excluding carboxylic acids is 1. The summed E-state index contributed by atoms with van der Waals surface area (Å²) in [5, 5.41) is 2.89. The van der Waals surface area contributed by atoms with Crippen molar-refractivity contribution < 1.29 is 14.3 Å². The van der Waals surface area contributed by atoms with Gasteiger partial charge in [0.05, 0.1) is 13.2 Å². The molecule has 0 aliphatic heterocycles. The van der Waals surface area contributed by atoms with Crippen molar-refractivity contribution in [1.29, 1.82) is 0 Å². The molecule has 0 heterocycles. The molecule has 0 radical (unpaired) electrons. The first kappa shape index (κ1) is 15.9. The Labute approximate surface area is 131 Å². The first-order valence-corrected chi connectivity index (χ1v) is 7.27. The summed E-state index contributed by atoms with van der Waals surface area (Å²) in [7, 11) is 1.61. The van der Waals surface area contributed by atoms with Crippen molar-refractivity contribution in [1.82, 2.24) is 5.32 Å². The Balaban J connectivity index is 2.03. The van der Waals surface area contributed by atoms with Crippen LogP contribution in [0.2, 0.25) is 0 Å². The highest BCUT2D eigenvalue weighted by atomic mass is 16.5. The monoisotopic (exact) mass is 299 g/mol. The van der Waals surface area contributed by atoms with Crippen LogP contribution in [0.3, 0.4) is 0 Å². The Morgan fingerprint density at radius 3 is 2.45 bits per heavy atom. The van der Waals surface area contributed by atoms with Gasteiger partial charge in [-0.2, -0.15) is 0 Å².